The first kappa shape index (κ1) is 33.5. The van der Waals surface area contributed by atoms with Gasteiger partial charge in [-0.3, -0.25) is 0 Å². The lowest BCUT2D eigenvalue weighted by Gasteiger charge is -2.47. The molecular formula is C31H52O8. The molecule has 0 amide bonds. The molecule has 8 heteroatoms. The Bertz CT molecular complexity index is 754. The fraction of sp³-hybridized carbons (Fsp3) is 0.806. The van der Waals surface area contributed by atoms with Gasteiger partial charge in [0, 0.05) is 11.1 Å². The lowest BCUT2D eigenvalue weighted by atomic mass is 9.60. The number of ether oxygens (including phenoxy) is 6. The van der Waals surface area contributed by atoms with Crippen LogP contribution in [0.4, 0.5) is 0 Å². The monoisotopic (exact) mass is 552 g/mol. The van der Waals surface area contributed by atoms with E-state index in [9.17, 15) is 9.59 Å². The van der Waals surface area contributed by atoms with Gasteiger partial charge in [-0.05, 0) is 110 Å². The first-order chi connectivity index (χ1) is 18.2. The maximum atomic E-state index is 11.7. The predicted molar refractivity (Wildman–Crippen MR) is 149 cm³/mol. The Labute approximate surface area is 235 Å². The van der Waals surface area contributed by atoms with Crippen molar-refractivity contribution in [2.75, 3.05) is 0 Å². The third kappa shape index (κ3) is 11.0. The Morgan fingerprint density at radius 2 is 0.923 bits per heavy atom. The summed E-state index contributed by atoms with van der Waals surface area (Å²) >= 11 is 0. The first-order valence-electron chi connectivity index (χ1n) is 14.5. The van der Waals surface area contributed by atoms with Crippen LogP contribution in [0, 0.1) is 17.3 Å². The molecule has 39 heavy (non-hydrogen) atoms. The molecule has 0 aromatic rings. The molecule has 0 saturated heterocycles. The van der Waals surface area contributed by atoms with E-state index in [1.54, 1.807) is 27.7 Å². The van der Waals surface area contributed by atoms with Gasteiger partial charge in [-0.1, -0.05) is 27.0 Å². The van der Waals surface area contributed by atoms with E-state index in [0.29, 0.717) is 23.0 Å². The standard InChI is InChI=1S/C31H52O8/c1-19(2)29(32)38-23(7)34-21(5)36-27-15-11-25(12-16-27)31(9,10)26-13-17-28(18-14-26)37-22(6)35-24(8)39-30(33)20(3)4/h21-28H,1,3,11-18H2,2,4-10H3. The van der Waals surface area contributed by atoms with E-state index in [1.807, 2.05) is 13.8 Å². The second-order valence-electron chi connectivity index (χ2n) is 12.0. The van der Waals surface area contributed by atoms with Gasteiger partial charge in [0.05, 0.1) is 12.2 Å². The SMILES string of the molecule is C=C(C)C(=O)OC(C)OC(C)OC1CCC(C(C)(C)C2CCC(OC(C)OC(C)OC(=O)C(=C)C)CC2)CC1. The zero-order chi connectivity index (χ0) is 29.3. The van der Waals surface area contributed by atoms with E-state index < -0.39 is 37.1 Å². The molecular weight excluding hydrogens is 500 g/mol. The highest BCUT2D eigenvalue weighted by atomic mass is 16.8. The molecule has 0 heterocycles. The number of hydrogen-bond donors (Lipinski definition) is 0. The van der Waals surface area contributed by atoms with E-state index in [1.165, 1.54) is 0 Å². The van der Waals surface area contributed by atoms with Crippen molar-refractivity contribution in [1.29, 1.82) is 0 Å². The Kier molecular flexibility index (Phi) is 13.1. The summed E-state index contributed by atoms with van der Waals surface area (Å²) in [6, 6.07) is 0. The fourth-order valence-electron chi connectivity index (χ4n) is 5.92. The van der Waals surface area contributed by atoms with Crippen molar-refractivity contribution in [1.82, 2.24) is 0 Å². The van der Waals surface area contributed by atoms with Gasteiger partial charge in [0.1, 0.15) is 0 Å². The Balaban J connectivity index is 1.71. The van der Waals surface area contributed by atoms with Gasteiger partial charge in [-0.25, -0.2) is 9.59 Å². The summed E-state index contributed by atoms with van der Waals surface area (Å²) in [5.74, 6) is 0.379. The molecule has 0 aromatic carbocycles. The van der Waals surface area contributed by atoms with Gasteiger partial charge >= 0.3 is 11.9 Å². The van der Waals surface area contributed by atoms with Gasteiger partial charge in [0.25, 0.3) is 0 Å². The summed E-state index contributed by atoms with van der Waals surface area (Å²) in [4.78, 5) is 23.3. The number of carbonyl (C=O) groups excluding carboxylic acids is 2. The summed E-state index contributed by atoms with van der Waals surface area (Å²) in [5.41, 5.74) is 0.937. The van der Waals surface area contributed by atoms with Gasteiger partial charge in [-0.15, -0.1) is 0 Å². The topological polar surface area (TPSA) is 89.5 Å². The number of esters is 2. The quantitative estimate of drug-likeness (QED) is 0.132. The molecule has 0 bridgehead atoms. The van der Waals surface area contributed by atoms with Crippen molar-refractivity contribution in [2.24, 2.45) is 17.3 Å². The molecule has 2 aliphatic rings. The van der Waals surface area contributed by atoms with Crippen molar-refractivity contribution >= 4 is 11.9 Å². The van der Waals surface area contributed by atoms with Crippen LogP contribution in [0.5, 0.6) is 0 Å². The van der Waals surface area contributed by atoms with Crippen LogP contribution < -0.4 is 0 Å². The lowest BCUT2D eigenvalue weighted by molar-refractivity contribution is -0.243. The van der Waals surface area contributed by atoms with Crippen LogP contribution >= 0.6 is 0 Å². The highest BCUT2D eigenvalue weighted by Gasteiger charge is 2.41. The van der Waals surface area contributed by atoms with E-state index >= 15 is 0 Å². The summed E-state index contributed by atoms with van der Waals surface area (Å²) in [5, 5.41) is 0. The third-order valence-corrected chi connectivity index (χ3v) is 8.23. The minimum atomic E-state index is -0.685. The van der Waals surface area contributed by atoms with E-state index in [0.717, 1.165) is 51.4 Å². The molecule has 0 aliphatic heterocycles. The van der Waals surface area contributed by atoms with Crippen molar-refractivity contribution < 1.29 is 38.0 Å². The van der Waals surface area contributed by atoms with Crippen LogP contribution in [0.2, 0.25) is 0 Å². The maximum absolute atomic E-state index is 11.7. The fourth-order valence-corrected chi connectivity index (χ4v) is 5.92. The van der Waals surface area contributed by atoms with Gasteiger partial charge in [0.15, 0.2) is 12.6 Å². The zero-order valence-electron chi connectivity index (χ0n) is 25.5. The highest BCUT2D eigenvalue weighted by molar-refractivity contribution is 5.87. The normalized spacial score (nSPS) is 27.1. The largest absolute Gasteiger partial charge is 0.433 e. The maximum Gasteiger partial charge on any atom is 0.335 e. The minimum absolute atomic E-state index is 0.152. The van der Waals surface area contributed by atoms with Crippen LogP contribution in [0.15, 0.2) is 24.3 Å². The van der Waals surface area contributed by atoms with Crippen LogP contribution in [0.25, 0.3) is 0 Å². The predicted octanol–water partition coefficient (Wildman–Crippen LogP) is 6.82. The van der Waals surface area contributed by atoms with E-state index in [4.69, 9.17) is 28.4 Å². The molecule has 0 spiro atoms. The third-order valence-electron chi connectivity index (χ3n) is 8.23. The van der Waals surface area contributed by atoms with Crippen molar-refractivity contribution in [2.45, 2.75) is 144 Å². The highest BCUT2D eigenvalue weighted by Crippen LogP contribution is 2.49. The Morgan fingerprint density at radius 3 is 1.21 bits per heavy atom. The first-order valence-corrected chi connectivity index (χ1v) is 14.5. The van der Waals surface area contributed by atoms with Crippen LogP contribution in [-0.2, 0) is 38.0 Å². The summed E-state index contributed by atoms with van der Waals surface area (Å²) < 4.78 is 34.0. The Hall–Kier alpha value is -1.74. The zero-order valence-corrected chi connectivity index (χ0v) is 25.5. The summed E-state index contributed by atoms with van der Waals surface area (Å²) in [6.07, 6.45) is 6.58. The Morgan fingerprint density at radius 1 is 0.615 bits per heavy atom. The number of hydrogen-bond acceptors (Lipinski definition) is 8. The molecule has 2 fully saturated rings. The average Bonchev–Trinajstić information content (AvgIpc) is 2.84. The molecule has 0 aromatic heterocycles. The smallest absolute Gasteiger partial charge is 0.335 e. The summed E-state index contributed by atoms with van der Waals surface area (Å²) in [7, 11) is 0. The molecule has 4 unspecified atom stereocenters. The molecule has 2 aliphatic carbocycles. The summed E-state index contributed by atoms with van der Waals surface area (Å²) in [6.45, 7) is 22.3. The molecule has 224 valence electrons. The van der Waals surface area contributed by atoms with Crippen LogP contribution in [0.3, 0.4) is 0 Å². The van der Waals surface area contributed by atoms with Gasteiger partial charge in [-0.2, -0.15) is 0 Å². The lowest BCUT2D eigenvalue weighted by Crippen LogP contribution is -2.40. The minimum Gasteiger partial charge on any atom is -0.433 e. The van der Waals surface area contributed by atoms with E-state index in [-0.39, 0.29) is 17.6 Å². The van der Waals surface area contributed by atoms with Crippen molar-refractivity contribution in [3.63, 3.8) is 0 Å². The molecule has 2 rings (SSSR count). The van der Waals surface area contributed by atoms with E-state index in [2.05, 4.69) is 27.0 Å². The second kappa shape index (κ2) is 15.3. The molecule has 0 N–H and O–H groups in total. The van der Waals surface area contributed by atoms with Gasteiger partial charge in [0.2, 0.25) is 12.6 Å². The molecule has 4 atom stereocenters. The second-order valence-corrected chi connectivity index (χ2v) is 12.0. The number of carbonyl (C=O) groups is 2. The van der Waals surface area contributed by atoms with Crippen LogP contribution in [-0.4, -0.2) is 49.3 Å². The van der Waals surface area contributed by atoms with Gasteiger partial charge < -0.3 is 28.4 Å². The van der Waals surface area contributed by atoms with Crippen molar-refractivity contribution in [3.8, 4) is 0 Å². The molecule has 2 saturated carbocycles. The van der Waals surface area contributed by atoms with Crippen molar-refractivity contribution in [3.05, 3.63) is 24.3 Å². The number of rotatable bonds is 14. The molecule has 0 radical (unpaired) electrons. The van der Waals surface area contributed by atoms with Crippen LogP contribution in [0.1, 0.15) is 107 Å². The average molecular weight is 553 g/mol. The molecule has 8 nitrogen and oxygen atoms in total.